The van der Waals surface area contributed by atoms with Crippen molar-refractivity contribution in [2.45, 2.75) is 6.54 Å². The van der Waals surface area contributed by atoms with Gasteiger partial charge in [-0.05, 0) is 17.7 Å². The third kappa shape index (κ3) is 3.99. The second kappa shape index (κ2) is 7.14. The zero-order valence-electron chi connectivity index (χ0n) is 12.1. The molecule has 2 rings (SSSR count). The molecule has 0 aromatic heterocycles. The topological polar surface area (TPSA) is 77.5 Å². The number of benzene rings is 1. The van der Waals surface area contributed by atoms with Crippen molar-refractivity contribution in [2.75, 3.05) is 40.7 Å². The number of carboxylic acid groups (broad SMARTS) is 1. The Morgan fingerprint density at radius 1 is 1.38 bits per heavy atom. The van der Waals surface area contributed by atoms with Crippen LogP contribution in [0.1, 0.15) is 5.56 Å². The largest absolute Gasteiger partial charge is 0.493 e. The average molecular weight is 297 g/mol. The molecule has 7 nitrogen and oxygen atoms in total. The highest BCUT2D eigenvalue weighted by atomic mass is 16.7. The maximum Gasteiger partial charge on any atom is 0.317 e. The fourth-order valence-electron chi connectivity index (χ4n) is 2.16. The van der Waals surface area contributed by atoms with Gasteiger partial charge in [0.25, 0.3) is 0 Å². The Labute approximate surface area is 123 Å². The van der Waals surface area contributed by atoms with Crippen LogP contribution in [0.5, 0.6) is 17.2 Å². The maximum atomic E-state index is 10.9. The lowest BCUT2D eigenvalue weighted by Gasteiger charge is -2.20. The minimum atomic E-state index is -0.876. The van der Waals surface area contributed by atoms with E-state index in [4.69, 9.17) is 24.1 Å². The fourth-order valence-corrected chi connectivity index (χ4v) is 2.16. The summed E-state index contributed by atoms with van der Waals surface area (Å²) in [6.45, 7) is 1.56. The van der Waals surface area contributed by atoms with Crippen LogP contribution in [-0.2, 0) is 16.1 Å². The Bertz CT molecular complexity index is 504. The van der Waals surface area contributed by atoms with Crippen LogP contribution in [-0.4, -0.2) is 56.7 Å². The number of carbonyl (C=O) groups is 1. The molecule has 0 spiro atoms. The van der Waals surface area contributed by atoms with Crippen LogP contribution in [0, 0.1) is 0 Å². The Morgan fingerprint density at radius 2 is 2.19 bits per heavy atom. The highest BCUT2D eigenvalue weighted by Crippen LogP contribution is 2.41. The number of hydrogen-bond acceptors (Lipinski definition) is 6. The molecule has 116 valence electrons. The summed E-state index contributed by atoms with van der Waals surface area (Å²) in [5.74, 6) is 0.912. The summed E-state index contributed by atoms with van der Waals surface area (Å²) in [6.07, 6.45) is 0. The lowest BCUT2D eigenvalue weighted by molar-refractivity contribution is -0.138. The first-order valence-electron chi connectivity index (χ1n) is 6.53. The van der Waals surface area contributed by atoms with Gasteiger partial charge in [0.05, 0.1) is 20.3 Å². The molecule has 0 unspecified atom stereocenters. The Kier molecular flexibility index (Phi) is 5.24. The van der Waals surface area contributed by atoms with Gasteiger partial charge in [-0.15, -0.1) is 0 Å². The molecule has 0 atom stereocenters. The predicted molar refractivity (Wildman–Crippen MR) is 73.9 cm³/mol. The zero-order chi connectivity index (χ0) is 15.2. The third-order valence-corrected chi connectivity index (χ3v) is 3.09. The molecule has 1 aromatic rings. The molecule has 0 radical (unpaired) electrons. The van der Waals surface area contributed by atoms with E-state index in [1.54, 1.807) is 19.1 Å². The Balaban J connectivity index is 2.14. The van der Waals surface area contributed by atoms with Crippen LogP contribution < -0.4 is 14.2 Å². The van der Waals surface area contributed by atoms with Crippen molar-refractivity contribution >= 4 is 5.97 Å². The Morgan fingerprint density at radius 3 is 2.86 bits per heavy atom. The molecule has 0 amide bonds. The van der Waals surface area contributed by atoms with Crippen LogP contribution in [0.4, 0.5) is 0 Å². The van der Waals surface area contributed by atoms with Crippen molar-refractivity contribution < 1.29 is 28.8 Å². The molecule has 0 aliphatic carbocycles. The molecular weight excluding hydrogens is 278 g/mol. The zero-order valence-corrected chi connectivity index (χ0v) is 12.1. The van der Waals surface area contributed by atoms with Gasteiger partial charge >= 0.3 is 5.97 Å². The van der Waals surface area contributed by atoms with Gasteiger partial charge in [0, 0.05) is 20.2 Å². The number of aliphatic carboxylic acids is 1. The second-order valence-electron chi connectivity index (χ2n) is 4.63. The van der Waals surface area contributed by atoms with Crippen molar-refractivity contribution in [2.24, 2.45) is 0 Å². The molecule has 1 aliphatic heterocycles. The van der Waals surface area contributed by atoms with Crippen molar-refractivity contribution in [1.82, 2.24) is 4.90 Å². The highest BCUT2D eigenvalue weighted by Gasteiger charge is 2.21. The third-order valence-electron chi connectivity index (χ3n) is 3.09. The summed E-state index contributed by atoms with van der Waals surface area (Å²) < 4.78 is 21.0. The normalized spacial score (nSPS) is 12.7. The molecule has 0 saturated carbocycles. The lowest BCUT2D eigenvalue weighted by Crippen LogP contribution is -2.32. The number of ether oxygens (including phenoxy) is 4. The quantitative estimate of drug-likeness (QED) is 0.765. The van der Waals surface area contributed by atoms with Crippen LogP contribution in [0.2, 0.25) is 0 Å². The standard InChI is InChI=1S/C14H19NO6/c1-18-4-3-15(8-13(16)17)7-10-5-11(19-2)14-12(6-10)20-9-21-14/h5-6H,3-4,7-9H2,1-2H3,(H,16,17). The smallest absolute Gasteiger partial charge is 0.317 e. The number of hydrogen-bond donors (Lipinski definition) is 1. The monoisotopic (exact) mass is 297 g/mol. The van der Waals surface area contributed by atoms with Gasteiger partial charge in [0.1, 0.15) is 0 Å². The molecule has 1 N–H and O–H groups in total. The van der Waals surface area contributed by atoms with Gasteiger partial charge in [0.15, 0.2) is 11.5 Å². The molecule has 0 saturated heterocycles. The predicted octanol–water partition coefficient (Wildman–Crippen LogP) is 0.957. The van der Waals surface area contributed by atoms with E-state index in [-0.39, 0.29) is 13.3 Å². The van der Waals surface area contributed by atoms with E-state index in [9.17, 15) is 4.79 Å². The molecule has 7 heteroatoms. The summed E-state index contributed by atoms with van der Waals surface area (Å²) in [4.78, 5) is 12.7. The van der Waals surface area contributed by atoms with E-state index in [2.05, 4.69) is 0 Å². The first-order valence-corrected chi connectivity index (χ1v) is 6.53. The Hall–Kier alpha value is -1.99. The van der Waals surface area contributed by atoms with Gasteiger partial charge < -0.3 is 24.1 Å². The summed E-state index contributed by atoms with van der Waals surface area (Å²) >= 11 is 0. The number of methoxy groups -OCH3 is 2. The molecule has 1 heterocycles. The van der Waals surface area contributed by atoms with Gasteiger partial charge in [-0.2, -0.15) is 0 Å². The SMILES string of the molecule is COCCN(CC(=O)O)Cc1cc(OC)c2c(c1)OCO2. The van der Waals surface area contributed by atoms with E-state index in [1.807, 2.05) is 12.1 Å². The number of fused-ring (bicyclic) bond motifs is 1. The van der Waals surface area contributed by atoms with E-state index in [0.717, 1.165) is 5.56 Å². The molecule has 0 fully saturated rings. The molecule has 21 heavy (non-hydrogen) atoms. The van der Waals surface area contributed by atoms with Crippen molar-refractivity contribution in [3.05, 3.63) is 17.7 Å². The average Bonchev–Trinajstić information content (AvgIpc) is 2.91. The molecular formula is C14H19NO6. The van der Waals surface area contributed by atoms with Gasteiger partial charge in [-0.3, -0.25) is 9.69 Å². The van der Waals surface area contributed by atoms with Gasteiger partial charge in [-0.25, -0.2) is 0 Å². The highest BCUT2D eigenvalue weighted by molar-refractivity contribution is 5.69. The van der Waals surface area contributed by atoms with Crippen LogP contribution in [0.25, 0.3) is 0 Å². The maximum absolute atomic E-state index is 10.9. The fraction of sp³-hybridized carbons (Fsp3) is 0.500. The van der Waals surface area contributed by atoms with Crippen LogP contribution in [0.15, 0.2) is 12.1 Å². The summed E-state index contributed by atoms with van der Waals surface area (Å²) in [5, 5.41) is 8.97. The van der Waals surface area contributed by atoms with Crippen molar-refractivity contribution in [1.29, 1.82) is 0 Å². The van der Waals surface area contributed by atoms with Gasteiger partial charge in [-0.1, -0.05) is 0 Å². The number of rotatable bonds is 8. The molecule has 1 aliphatic rings. The first-order chi connectivity index (χ1) is 10.1. The number of nitrogens with zero attached hydrogens (tertiary/aromatic N) is 1. The first kappa shape index (κ1) is 15.4. The van der Waals surface area contributed by atoms with Crippen molar-refractivity contribution in [3.63, 3.8) is 0 Å². The van der Waals surface area contributed by atoms with Crippen molar-refractivity contribution in [3.8, 4) is 17.2 Å². The van der Waals surface area contributed by atoms with Crippen LogP contribution in [0.3, 0.4) is 0 Å². The minimum Gasteiger partial charge on any atom is -0.493 e. The number of carboxylic acids is 1. The van der Waals surface area contributed by atoms with E-state index in [0.29, 0.717) is 36.9 Å². The van der Waals surface area contributed by atoms with Crippen LogP contribution >= 0.6 is 0 Å². The van der Waals surface area contributed by atoms with Gasteiger partial charge in [0.2, 0.25) is 12.5 Å². The van der Waals surface area contributed by atoms with E-state index < -0.39 is 5.97 Å². The van der Waals surface area contributed by atoms with E-state index in [1.165, 1.54) is 0 Å². The second-order valence-corrected chi connectivity index (χ2v) is 4.63. The summed E-state index contributed by atoms with van der Waals surface area (Å²) in [5.41, 5.74) is 0.897. The molecule has 1 aromatic carbocycles. The lowest BCUT2D eigenvalue weighted by atomic mass is 10.1. The molecule has 0 bridgehead atoms. The minimum absolute atomic E-state index is 0.0554. The summed E-state index contributed by atoms with van der Waals surface area (Å²) in [6, 6.07) is 3.67. The summed E-state index contributed by atoms with van der Waals surface area (Å²) in [7, 11) is 3.14. The van der Waals surface area contributed by atoms with E-state index >= 15 is 0 Å².